The Kier molecular flexibility index (Phi) is 4.99. The quantitative estimate of drug-likeness (QED) is 0.473. The molecule has 5 heteroatoms. The molecule has 0 aliphatic carbocycles. The lowest BCUT2D eigenvalue weighted by Gasteiger charge is -2.38. The van der Waals surface area contributed by atoms with Gasteiger partial charge in [-0.25, -0.2) is 0 Å². The van der Waals surface area contributed by atoms with Gasteiger partial charge < -0.3 is 20.4 Å². The molecule has 0 amide bonds. The Labute approximate surface area is 166 Å². The zero-order valence-electron chi connectivity index (χ0n) is 16.8. The summed E-state index contributed by atoms with van der Waals surface area (Å²) in [5.74, 6) is 1.76. The highest BCUT2D eigenvalue weighted by Crippen LogP contribution is 2.39. The molecule has 28 heavy (non-hydrogen) atoms. The molecule has 0 fully saturated rings. The lowest BCUT2D eigenvalue weighted by atomic mass is 9.90. The smallest absolute Gasteiger partial charge is 0.191 e. The van der Waals surface area contributed by atoms with Gasteiger partial charge in [-0.05, 0) is 37.4 Å². The van der Waals surface area contributed by atoms with Crippen molar-refractivity contribution >= 4 is 16.9 Å². The first kappa shape index (κ1) is 18.4. The molecule has 0 saturated heterocycles. The molecule has 0 saturated carbocycles. The average molecular weight is 377 g/mol. The minimum atomic E-state index is -0.213. The minimum Gasteiger partial charge on any atom is -0.487 e. The number of hydrogen-bond donors (Lipinski definition) is 3. The number of H-pyrrole nitrogens is 1. The largest absolute Gasteiger partial charge is 0.487 e. The van der Waals surface area contributed by atoms with Crippen LogP contribution < -0.4 is 15.4 Å². The van der Waals surface area contributed by atoms with Crippen LogP contribution in [0.15, 0.2) is 59.6 Å². The van der Waals surface area contributed by atoms with Crippen molar-refractivity contribution in [3.8, 4) is 5.75 Å². The van der Waals surface area contributed by atoms with Crippen LogP contribution in [0.25, 0.3) is 10.9 Å². The second kappa shape index (κ2) is 7.58. The van der Waals surface area contributed by atoms with E-state index in [9.17, 15) is 0 Å². The van der Waals surface area contributed by atoms with Crippen LogP contribution in [0.2, 0.25) is 0 Å². The second-order valence-electron chi connectivity index (χ2n) is 7.93. The third-order valence-corrected chi connectivity index (χ3v) is 5.18. The molecule has 146 valence electrons. The summed E-state index contributed by atoms with van der Waals surface area (Å²) in [7, 11) is 1.81. The fourth-order valence-corrected chi connectivity index (χ4v) is 3.87. The first-order chi connectivity index (χ1) is 13.5. The molecule has 1 aromatic heterocycles. The van der Waals surface area contributed by atoms with Crippen LogP contribution in [0.4, 0.5) is 0 Å². The van der Waals surface area contributed by atoms with Gasteiger partial charge in [-0.3, -0.25) is 4.99 Å². The Morgan fingerprint density at radius 2 is 1.96 bits per heavy atom. The van der Waals surface area contributed by atoms with Gasteiger partial charge in [0, 0.05) is 43.2 Å². The van der Waals surface area contributed by atoms with Crippen molar-refractivity contribution in [2.24, 2.45) is 4.99 Å². The summed E-state index contributed by atoms with van der Waals surface area (Å²) in [6.45, 7) is 5.06. The van der Waals surface area contributed by atoms with Crippen LogP contribution in [0, 0.1) is 0 Å². The van der Waals surface area contributed by atoms with E-state index in [2.05, 4.69) is 76.9 Å². The maximum Gasteiger partial charge on any atom is 0.191 e. The van der Waals surface area contributed by atoms with Crippen molar-refractivity contribution in [2.45, 2.75) is 38.3 Å². The highest BCUT2D eigenvalue weighted by molar-refractivity contribution is 5.81. The maximum absolute atomic E-state index is 6.13. The van der Waals surface area contributed by atoms with Gasteiger partial charge >= 0.3 is 0 Å². The topological polar surface area (TPSA) is 61.4 Å². The second-order valence-corrected chi connectivity index (χ2v) is 7.93. The molecule has 3 aromatic rings. The Morgan fingerprint density at radius 1 is 1.18 bits per heavy atom. The SMILES string of the molecule is CN=C(NCCc1cc2ccccc2[nH]1)NC1CC(C)(C)Oc2ccccc21. The summed E-state index contributed by atoms with van der Waals surface area (Å²) in [4.78, 5) is 7.90. The number of aromatic amines is 1. The molecule has 0 spiro atoms. The first-order valence-electron chi connectivity index (χ1n) is 9.86. The van der Waals surface area contributed by atoms with Crippen LogP contribution in [-0.4, -0.2) is 30.1 Å². The number of ether oxygens (including phenoxy) is 1. The monoisotopic (exact) mass is 376 g/mol. The summed E-state index contributed by atoms with van der Waals surface area (Å²) >= 11 is 0. The average Bonchev–Trinajstić information content (AvgIpc) is 3.09. The van der Waals surface area contributed by atoms with Crippen molar-refractivity contribution in [1.82, 2.24) is 15.6 Å². The highest BCUT2D eigenvalue weighted by Gasteiger charge is 2.33. The molecule has 5 nitrogen and oxygen atoms in total. The van der Waals surface area contributed by atoms with Gasteiger partial charge in [-0.15, -0.1) is 0 Å². The van der Waals surface area contributed by atoms with Gasteiger partial charge in [-0.2, -0.15) is 0 Å². The predicted octanol–water partition coefficient (Wildman–Crippen LogP) is 4.18. The van der Waals surface area contributed by atoms with Gasteiger partial charge in [0.2, 0.25) is 0 Å². The van der Waals surface area contributed by atoms with Crippen molar-refractivity contribution < 1.29 is 4.74 Å². The lowest BCUT2D eigenvalue weighted by molar-refractivity contribution is 0.0694. The maximum atomic E-state index is 6.13. The molecule has 1 aliphatic heterocycles. The molecule has 1 atom stereocenters. The van der Waals surface area contributed by atoms with E-state index in [1.54, 1.807) is 0 Å². The zero-order chi connectivity index (χ0) is 19.6. The minimum absolute atomic E-state index is 0.166. The number of nitrogens with one attached hydrogen (secondary N) is 3. The number of benzene rings is 2. The first-order valence-corrected chi connectivity index (χ1v) is 9.86. The van der Waals surface area contributed by atoms with Crippen molar-refractivity contribution in [2.75, 3.05) is 13.6 Å². The Hall–Kier alpha value is -2.95. The number of fused-ring (bicyclic) bond motifs is 2. The van der Waals surface area contributed by atoms with Crippen LogP contribution in [0.3, 0.4) is 0 Å². The third-order valence-electron chi connectivity index (χ3n) is 5.18. The van der Waals surface area contributed by atoms with E-state index in [-0.39, 0.29) is 11.6 Å². The summed E-state index contributed by atoms with van der Waals surface area (Å²) in [5.41, 5.74) is 3.37. The third kappa shape index (κ3) is 3.98. The van der Waals surface area contributed by atoms with Crippen molar-refractivity contribution in [3.05, 3.63) is 65.9 Å². The van der Waals surface area contributed by atoms with Gasteiger partial charge in [-0.1, -0.05) is 36.4 Å². The number of aliphatic imine (C=N–C) groups is 1. The molecular weight excluding hydrogens is 348 g/mol. The van der Waals surface area contributed by atoms with E-state index in [1.165, 1.54) is 22.2 Å². The predicted molar refractivity (Wildman–Crippen MR) is 115 cm³/mol. The number of guanidine groups is 1. The van der Waals surface area contributed by atoms with Crippen LogP contribution in [0.1, 0.15) is 37.6 Å². The number of para-hydroxylation sites is 2. The highest BCUT2D eigenvalue weighted by atomic mass is 16.5. The van der Waals surface area contributed by atoms with E-state index in [0.29, 0.717) is 0 Å². The van der Waals surface area contributed by atoms with E-state index in [1.807, 2.05) is 19.2 Å². The number of hydrogen-bond acceptors (Lipinski definition) is 2. The van der Waals surface area contributed by atoms with Crippen molar-refractivity contribution in [1.29, 1.82) is 0 Å². The Balaban J connectivity index is 1.39. The Morgan fingerprint density at radius 3 is 2.79 bits per heavy atom. The molecule has 2 aromatic carbocycles. The zero-order valence-corrected chi connectivity index (χ0v) is 16.8. The van der Waals surface area contributed by atoms with Crippen molar-refractivity contribution in [3.63, 3.8) is 0 Å². The normalized spacial score (nSPS) is 18.4. The molecule has 3 N–H and O–H groups in total. The lowest BCUT2D eigenvalue weighted by Crippen LogP contribution is -2.45. The summed E-state index contributed by atoms with van der Waals surface area (Å²) in [6, 6.07) is 19.0. The van der Waals surface area contributed by atoms with Gasteiger partial charge in [0.1, 0.15) is 11.4 Å². The summed E-state index contributed by atoms with van der Waals surface area (Å²) in [5, 5.41) is 8.28. The van der Waals surface area contributed by atoms with Gasteiger partial charge in [0.15, 0.2) is 5.96 Å². The Bertz CT molecular complexity index is 956. The fourth-order valence-electron chi connectivity index (χ4n) is 3.87. The molecule has 0 radical (unpaired) electrons. The van der Waals surface area contributed by atoms with Crippen LogP contribution >= 0.6 is 0 Å². The summed E-state index contributed by atoms with van der Waals surface area (Å²) < 4.78 is 6.13. The van der Waals surface area contributed by atoms with E-state index < -0.39 is 0 Å². The van der Waals surface area contributed by atoms with Gasteiger partial charge in [0.25, 0.3) is 0 Å². The standard InChI is InChI=1S/C23H28N4O/c1-23(2)15-20(18-9-5-7-11-21(18)28-23)27-22(24-3)25-13-12-17-14-16-8-4-6-10-19(16)26-17/h4-11,14,20,26H,12-13,15H2,1-3H3,(H2,24,25,27). The molecule has 4 rings (SSSR count). The molecule has 2 heterocycles. The van der Waals surface area contributed by atoms with Gasteiger partial charge in [0.05, 0.1) is 6.04 Å². The molecule has 0 bridgehead atoms. The van der Waals surface area contributed by atoms with E-state index >= 15 is 0 Å². The molecular formula is C23H28N4O. The van der Waals surface area contributed by atoms with Crippen LogP contribution in [-0.2, 0) is 6.42 Å². The number of aromatic nitrogens is 1. The van der Waals surface area contributed by atoms with Crippen LogP contribution in [0.5, 0.6) is 5.75 Å². The molecule has 1 aliphatic rings. The molecule has 1 unspecified atom stereocenters. The van der Waals surface area contributed by atoms with E-state index in [4.69, 9.17) is 4.74 Å². The number of nitrogens with zero attached hydrogens (tertiary/aromatic N) is 1. The van der Waals surface area contributed by atoms with E-state index in [0.717, 1.165) is 31.1 Å². The summed E-state index contributed by atoms with van der Waals surface area (Å²) in [6.07, 6.45) is 1.79. The number of rotatable bonds is 4. The fraction of sp³-hybridized carbons (Fsp3) is 0.348.